The third kappa shape index (κ3) is 4.09. The number of benzene rings is 3. The second kappa shape index (κ2) is 8.10. The van der Waals surface area contributed by atoms with E-state index in [-0.39, 0.29) is 11.5 Å². The summed E-state index contributed by atoms with van der Waals surface area (Å²) < 4.78 is 22.0. The van der Waals surface area contributed by atoms with Gasteiger partial charge in [-0.05, 0) is 53.6 Å². The molecular weight excluding hydrogens is 368 g/mol. The molecule has 29 heavy (non-hydrogen) atoms. The van der Waals surface area contributed by atoms with E-state index in [9.17, 15) is 4.79 Å². The minimum atomic E-state index is -0.143. The standard InChI is InChI=1S/C24H20O5/c1-26-18-8-6-16(7-9-18)13-23-24(25)21-11-10-20(14-22(21)29-23)28-15-17-4-3-5-19(12-17)27-2/h3-14H,15H2,1-2H3. The van der Waals surface area contributed by atoms with Crippen molar-refractivity contribution in [2.75, 3.05) is 14.2 Å². The van der Waals surface area contributed by atoms with Crippen LogP contribution in [0.5, 0.6) is 23.0 Å². The highest BCUT2D eigenvalue weighted by molar-refractivity contribution is 6.14. The molecule has 0 saturated carbocycles. The lowest BCUT2D eigenvalue weighted by molar-refractivity contribution is 0.101. The average molecular weight is 388 g/mol. The van der Waals surface area contributed by atoms with Crippen molar-refractivity contribution in [2.24, 2.45) is 0 Å². The van der Waals surface area contributed by atoms with Crippen LogP contribution in [0.15, 0.2) is 72.5 Å². The van der Waals surface area contributed by atoms with Gasteiger partial charge in [0, 0.05) is 6.07 Å². The Bertz CT molecular complexity index is 1070. The molecule has 0 aliphatic carbocycles. The minimum Gasteiger partial charge on any atom is -0.497 e. The molecule has 1 heterocycles. The Hall–Kier alpha value is -3.73. The zero-order chi connectivity index (χ0) is 20.2. The quantitative estimate of drug-likeness (QED) is 0.562. The molecule has 0 amide bonds. The lowest BCUT2D eigenvalue weighted by atomic mass is 10.1. The summed E-state index contributed by atoms with van der Waals surface area (Å²) in [6.45, 7) is 0.387. The number of hydrogen-bond acceptors (Lipinski definition) is 5. The molecule has 0 N–H and O–H groups in total. The van der Waals surface area contributed by atoms with Gasteiger partial charge in [-0.25, -0.2) is 0 Å². The van der Waals surface area contributed by atoms with Crippen molar-refractivity contribution in [1.29, 1.82) is 0 Å². The SMILES string of the molecule is COc1ccc(C=C2Oc3cc(OCc4cccc(OC)c4)ccc3C2=O)cc1. The summed E-state index contributed by atoms with van der Waals surface area (Å²) in [6, 6.07) is 20.3. The molecule has 3 aromatic carbocycles. The summed E-state index contributed by atoms with van der Waals surface area (Å²) in [4.78, 5) is 12.6. The van der Waals surface area contributed by atoms with Crippen molar-refractivity contribution in [3.8, 4) is 23.0 Å². The Morgan fingerprint density at radius 3 is 2.38 bits per heavy atom. The molecule has 146 valence electrons. The molecule has 0 spiro atoms. The van der Waals surface area contributed by atoms with Crippen molar-refractivity contribution >= 4 is 11.9 Å². The third-order valence-electron chi connectivity index (χ3n) is 4.59. The number of methoxy groups -OCH3 is 2. The highest BCUT2D eigenvalue weighted by Crippen LogP contribution is 2.35. The van der Waals surface area contributed by atoms with Gasteiger partial charge in [-0.2, -0.15) is 0 Å². The Morgan fingerprint density at radius 2 is 1.62 bits per heavy atom. The Labute approximate surface area is 169 Å². The number of carbonyl (C=O) groups excluding carboxylic acids is 1. The van der Waals surface area contributed by atoms with Gasteiger partial charge in [-0.1, -0.05) is 24.3 Å². The van der Waals surface area contributed by atoms with Crippen LogP contribution in [0.2, 0.25) is 0 Å². The highest BCUT2D eigenvalue weighted by Gasteiger charge is 2.27. The molecule has 1 aliphatic heterocycles. The first-order valence-electron chi connectivity index (χ1n) is 9.14. The van der Waals surface area contributed by atoms with Crippen LogP contribution >= 0.6 is 0 Å². The minimum absolute atomic E-state index is 0.143. The number of allylic oxidation sites excluding steroid dienone is 1. The van der Waals surface area contributed by atoms with Crippen LogP contribution < -0.4 is 18.9 Å². The monoisotopic (exact) mass is 388 g/mol. The van der Waals surface area contributed by atoms with Crippen LogP contribution in [0.1, 0.15) is 21.5 Å². The van der Waals surface area contributed by atoms with Gasteiger partial charge in [-0.3, -0.25) is 4.79 Å². The molecular formula is C24H20O5. The molecule has 0 aromatic heterocycles. The van der Waals surface area contributed by atoms with Crippen LogP contribution in [-0.2, 0) is 6.61 Å². The normalized spacial score (nSPS) is 13.7. The van der Waals surface area contributed by atoms with E-state index < -0.39 is 0 Å². The topological polar surface area (TPSA) is 54.0 Å². The summed E-state index contributed by atoms with van der Waals surface area (Å²) in [5.41, 5.74) is 2.37. The number of Topliss-reactive ketones (excluding diaryl/α,β-unsaturated/α-hetero) is 1. The van der Waals surface area contributed by atoms with Crippen molar-refractivity contribution in [3.63, 3.8) is 0 Å². The molecule has 0 fully saturated rings. The van der Waals surface area contributed by atoms with Gasteiger partial charge in [0.25, 0.3) is 0 Å². The largest absolute Gasteiger partial charge is 0.497 e. The van der Waals surface area contributed by atoms with Crippen LogP contribution in [0.4, 0.5) is 0 Å². The zero-order valence-electron chi connectivity index (χ0n) is 16.2. The van der Waals surface area contributed by atoms with Gasteiger partial charge in [0.2, 0.25) is 5.78 Å². The van der Waals surface area contributed by atoms with Crippen molar-refractivity contribution in [3.05, 3.63) is 89.2 Å². The summed E-state index contributed by atoms with van der Waals surface area (Å²) in [6.07, 6.45) is 1.72. The number of ketones is 1. The zero-order valence-corrected chi connectivity index (χ0v) is 16.2. The Balaban J connectivity index is 1.48. The second-order valence-corrected chi connectivity index (χ2v) is 6.51. The van der Waals surface area contributed by atoms with Crippen molar-refractivity contribution < 1.29 is 23.7 Å². The molecule has 0 radical (unpaired) electrons. The number of rotatable bonds is 6. The summed E-state index contributed by atoms with van der Waals surface area (Å²) in [5.74, 6) is 2.81. The first-order chi connectivity index (χ1) is 14.2. The predicted octanol–water partition coefficient (Wildman–Crippen LogP) is 4.90. The van der Waals surface area contributed by atoms with Gasteiger partial charge in [0.1, 0.15) is 29.6 Å². The molecule has 1 aliphatic rings. The summed E-state index contributed by atoms with van der Waals surface area (Å²) in [5, 5.41) is 0. The summed E-state index contributed by atoms with van der Waals surface area (Å²) >= 11 is 0. The molecule has 0 bridgehead atoms. The van der Waals surface area contributed by atoms with E-state index in [0.29, 0.717) is 23.7 Å². The lowest BCUT2D eigenvalue weighted by Crippen LogP contribution is -1.98. The smallest absolute Gasteiger partial charge is 0.231 e. The van der Waals surface area contributed by atoms with Crippen molar-refractivity contribution in [1.82, 2.24) is 0 Å². The second-order valence-electron chi connectivity index (χ2n) is 6.51. The Morgan fingerprint density at radius 1 is 0.862 bits per heavy atom. The molecule has 0 atom stereocenters. The molecule has 0 saturated heterocycles. The molecule has 0 unspecified atom stereocenters. The van der Waals surface area contributed by atoms with E-state index >= 15 is 0 Å². The van der Waals surface area contributed by atoms with Crippen LogP contribution in [0.3, 0.4) is 0 Å². The van der Waals surface area contributed by atoms with E-state index in [1.54, 1.807) is 38.5 Å². The first-order valence-corrected chi connectivity index (χ1v) is 9.14. The average Bonchev–Trinajstić information content (AvgIpc) is 3.07. The van der Waals surface area contributed by atoms with Crippen LogP contribution in [-0.4, -0.2) is 20.0 Å². The first kappa shape index (κ1) is 18.6. The highest BCUT2D eigenvalue weighted by atomic mass is 16.5. The lowest BCUT2D eigenvalue weighted by Gasteiger charge is -2.08. The van der Waals surface area contributed by atoms with E-state index in [2.05, 4.69) is 0 Å². The number of fused-ring (bicyclic) bond motifs is 1. The summed E-state index contributed by atoms with van der Waals surface area (Å²) in [7, 11) is 3.24. The molecule has 3 aromatic rings. The maximum absolute atomic E-state index is 12.6. The fourth-order valence-electron chi connectivity index (χ4n) is 3.04. The van der Waals surface area contributed by atoms with Gasteiger partial charge in [-0.15, -0.1) is 0 Å². The van der Waals surface area contributed by atoms with Crippen LogP contribution in [0, 0.1) is 0 Å². The fraction of sp³-hybridized carbons (Fsp3) is 0.125. The van der Waals surface area contributed by atoms with Crippen LogP contribution in [0.25, 0.3) is 6.08 Å². The van der Waals surface area contributed by atoms with E-state index in [4.69, 9.17) is 18.9 Å². The molecule has 5 heteroatoms. The van der Waals surface area contributed by atoms with Gasteiger partial charge < -0.3 is 18.9 Å². The predicted molar refractivity (Wildman–Crippen MR) is 110 cm³/mol. The maximum atomic E-state index is 12.6. The van der Waals surface area contributed by atoms with Gasteiger partial charge in [0.05, 0.1) is 19.8 Å². The number of hydrogen-bond donors (Lipinski definition) is 0. The maximum Gasteiger partial charge on any atom is 0.231 e. The fourth-order valence-corrected chi connectivity index (χ4v) is 3.04. The third-order valence-corrected chi connectivity index (χ3v) is 4.59. The van der Waals surface area contributed by atoms with Gasteiger partial charge >= 0.3 is 0 Å². The van der Waals surface area contributed by atoms with E-state index in [1.807, 2.05) is 48.5 Å². The Kier molecular flexibility index (Phi) is 5.20. The van der Waals surface area contributed by atoms with Gasteiger partial charge in [0.15, 0.2) is 5.76 Å². The number of ether oxygens (including phenoxy) is 4. The molecule has 5 nitrogen and oxygen atoms in total. The number of carbonyl (C=O) groups is 1. The van der Waals surface area contributed by atoms with E-state index in [1.165, 1.54) is 0 Å². The van der Waals surface area contributed by atoms with E-state index in [0.717, 1.165) is 22.6 Å². The molecule has 4 rings (SSSR count). The van der Waals surface area contributed by atoms with Crippen molar-refractivity contribution in [2.45, 2.75) is 6.61 Å².